The Morgan fingerprint density at radius 3 is 2.57 bits per heavy atom. The number of anilines is 1. The number of carbonyl (C=O) groups is 1. The summed E-state index contributed by atoms with van der Waals surface area (Å²) in [7, 11) is 4.02. The van der Waals surface area contributed by atoms with Crippen LogP contribution in [0.1, 0.15) is 23.2 Å². The van der Waals surface area contributed by atoms with E-state index in [1.807, 2.05) is 43.3 Å². The number of carbonyl (C=O) groups excluding carboxylic acids is 1. The van der Waals surface area contributed by atoms with Crippen molar-refractivity contribution in [1.29, 1.82) is 0 Å². The molecule has 1 N–H and O–H groups in total. The van der Waals surface area contributed by atoms with Gasteiger partial charge in [0, 0.05) is 64.1 Å². The van der Waals surface area contributed by atoms with Crippen molar-refractivity contribution in [3.8, 4) is 0 Å². The maximum atomic E-state index is 12.5. The Morgan fingerprint density at radius 2 is 1.93 bits per heavy atom. The minimum atomic E-state index is 0.0396. The van der Waals surface area contributed by atoms with Crippen LogP contribution in [-0.2, 0) is 4.74 Å². The van der Waals surface area contributed by atoms with Gasteiger partial charge in [0.15, 0.2) is 0 Å². The van der Waals surface area contributed by atoms with Crippen molar-refractivity contribution in [3.63, 3.8) is 0 Å². The molecule has 4 heterocycles. The smallest absolute Gasteiger partial charge is 0.251 e. The van der Waals surface area contributed by atoms with Gasteiger partial charge in [0.05, 0.1) is 13.2 Å². The molecule has 6 heteroatoms. The molecule has 1 aromatic carbocycles. The van der Waals surface area contributed by atoms with E-state index in [1.54, 1.807) is 0 Å². The van der Waals surface area contributed by atoms with Crippen molar-refractivity contribution in [1.82, 2.24) is 15.1 Å². The number of hydrogen-bond donors (Lipinski definition) is 1. The lowest BCUT2D eigenvalue weighted by Gasteiger charge is -2.51. The first-order valence-electron chi connectivity index (χ1n) is 10.7. The van der Waals surface area contributed by atoms with Gasteiger partial charge >= 0.3 is 0 Å². The van der Waals surface area contributed by atoms with Gasteiger partial charge in [-0.1, -0.05) is 0 Å². The number of ether oxygens (including phenoxy) is 1. The first kappa shape index (κ1) is 19.7. The van der Waals surface area contributed by atoms with Crippen molar-refractivity contribution in [3.05, 3.63) is 29.8 Å². The molecule has 0 spiro atoms. The summed E-state index contributed by atoms with van der Waals surface area (Å²) in [6, 6.07) is 8.31. The minimum absolute atomic E-state index is 0.0396. The molecule has 1 amide bonds. The molecule has 4 fully saturated rings. The number of benzene rings is 1. The zero-order valence-electron chi connectivity index (χ0n) is 17.3. The molecule has 0 aromatic heterocycles. The number of hydrogen-bond acceptors (Lipinski definition) is 5. The van der Waals surface area contributed by atoms with Crippen LogP contribution < -0.4 is 10.2 Å². The number of piperidine rings is 3. The fourth-order valence-corrected chi connectivity index (χ4v) is 5.01. The molecular formula is C22H34N4O2. The Bertz CT molecular complexity index is 657. The van der Waals surface area contributed by atoms with Crippen molar-refractivity contribution in [2.75, 3.05) is 71.5 Å². The zero-order valence-corrected chi connectivity index (χ0v) is 17.3. The molecule has 4 aliphatic heterocycles. The first-order valence-corrected chi connectivity index (χ1v) is 10.7. The van der Waals surface area contributed by atoms with Gasteiger partial charge in [0.1, 0.15) is 0 Å². The number of amides is 1. The van der Waals surface area contributed by atoms with Crippen LogP contribution >= 0.6 is 0 Å². The summed E-state index contributed by atoms with van der Waals surface area (Å²) in [6.45, 7) is 8.25. The van der Waals surface area contributed by atoms with Gasteiger partial charge in [0.25, 0.3) is 5.91 Å². The lowest BCUT2D eigenvalue weighted by Crippen LogP contribution is -2.58. The molecule has 5 rings (SSSR count). The van der Waals surface area contributed by atoms with Crippen molar-refractivity contribution in [2.45, 2.75) is 18.9 Å². The molecule has 4 aliphatic rings. The first-order chi connectivity index (χ1) is 13.6. The van der Waals surface area contributed by atoms with Gasteiger partial charge in [-0.05, 0) is 55.5 Å². The van der Waals surface area contributed by atoms with Gasteiger partial charge in [-0.3, -0.25) is 14.6 Å². The number of rotatable bonds is 6. The molecule has 1 unspecified atom stereocenters. The van der Waals surface area contributed by atoms with Crippen LogP contribution in [0.15, 0.2) is 24.3 Å². The van der Waals surface area contributed by atoms with Crippen LogP contribution in [0.25, 0.3) is 0 Å². The van der Waals surface area contributed by atoms with E-state index in [-0.39, 0.29) is 5.91 Å². The maximum absolute atomic E-state index is 12.5. The van der Waals surface area contributed by atoms with E-state index in [4.69, 9.17) is 4.74 Å². The summed E-state index contributed by atoms with van der Waals surface area (Å²) >= 11 is 0. The van der Waals surface area contributed by atoms with E-state index in [1.165, 1.54) is 32.5 Å². The average molecular weight is 387 g/mol. The molecule has 0 radical (unpaired) electrons. The highest BCUT2D eigenvalue weighted by atomic mass is 16.5. The summed E-state index contributed by atoms with van der Waals surface area (Å²) in [5.41, 5.74) is 1.85. The number of fused-ring (bicyclic) bond motifs is 3. The summed E-state index contributed by atoms with van der Waals surface area (Å²) in [4.78, 5) is 19.8. The van der Waals surface area contributed by atoms with E-state index < -0.39 is 0 Å². The number of nitrogens with one attached hydrogen (secondary N) is 1. The Kier molecular flexibility index (Phi) is 6.19. The maximum Gasteiger partial charge on any atom is 0.251 e. The SMILES string of the molecule is CN(C)c1ccc(C(=O)NC[C@H]2C[C@@H]3CCN2C[C@@H]3CN2CCOCC2)cc1. The second kappa shape index (κ2) is 8.80. The molecular weight excluding hydrogens is 352 g/mol. The van der Waals surface area contributed by atoms with Crippen molar-refractivity contribution in [2.24, 2.45) is 11.8 Å². The van der Waals surface area contributed by atoms with Crippen molar-refractivity contribution < 1.29 is 9.53 Å². The third kappa shape index (κ3) is 4.50. The van der Waals surface area contributed by atoms with Gasteiger partial charge < -0.3 is 15.0 Å². The van der Waals surface area contributed by atoms with Crippen molar-refractivity contribution >= 4 is 11.6 Å². The largest absolute Gasteiger partial charge is 0.379 e. The molecule has 4 atom stereocenters. The highest BCUT2D eigenvalue weighted by molar-refractivity contribution is 5.94. The Balaban J connectivity index is 1.26. The molecule has 2 bridgehead atoms. The topological polar surface area (TPSA) is 48.1 Å². The molecule has 0 aliphatic carbocycles. The van der Waals surface area contributed by atoms with Crippen LogP contribution in [-0.4, -0.2) is 88.3 Å². The number of nitrogens with zero attached hydrogens (tertiary/aromatic N) is 3. The van der Waals surface area contributed by atoms with E-state index in [0.717, 1.165) is 55.9 Å². The predicted octanol–water partition coefficient (Wildman–Crippen LogP) is 1.53. The quantitative estimate of drug-likeness (QED) is 0.803. The average Bonchev–Trinajstić information content (AvgIpc) is 2.73. The molecule has 6 nitrogen and oxygen atoms in total. The van der Waals surface area contributed by atoms with Gasteiger partial charge in [0.2, 0.25) is 0 Å². The van der Waals surface area contributed by atoms with Gasteiger partial charge in [-0.15, -0.1) is 0 Å². The van der Waals surface area contributed by atoms with Crippen LogP contribution in [0.3, 0.4) is 0 Å². The summed E-state index contributed by atoms with van der Waals surface area (Å²) < 4.78 is 5.48. The van der Waals surface area contributed by atoms with Crippen LogP contribution in [0.2, 0.25) is 0 Å². The van der Waals surface area contributed by atoms with Crippen LogP contribution in [0.5, 0.6) is 0 Å². The Labute approximate surface area is 168 Å². The Morgan fingerprint density at radius 1 is 1.18 bits per heavy atom. The van der Waals surface area contributed by atoms with Gasteiger partial charge in [-0.25, -0.2) is 0 Å². The van der Waals surface area contributed by atoms with E-state index in [0.29, 0.717) is 6.04 Å². The molecule has 0 saturated carbocycles. The number of morpholine rings is 1. The Hall–Kier alpha value is -1.63. The van der Waals surface area contributed by atoms with E-state index in [2.05, 4.69) is 15.1 Å². The van der Waals surface area contributed by atoms with Gasteiger partial charge in [-0.2, -0.15) is 0 Å². The van der Waals surface area contributed by atoms with Crippen LogP contribution in [0.4, 0.5) is 5.69 Å². The summed E-state index contributed by atoms with van der Waals surface area (Å²) in [6.07, 6.45) is 2.53. The lowest BCUT2D eigenvalue weighted by molar-refractivity contribution is -0.0292. The third-order valence-corrected chi connectivity index (χ3v) is 6.75. The third-order valence-electron chi connectivity index (χ3n) is 6.75. The molecule has 1 aromatic rings. The highest BCUT2D eigenvalue weighted by Gasteiger charge is 2.40. The second-order valence-corrected chi connectivity index (χ2v) is 8.76. The fourth-order valence-electron chi connectivity index (χ4n) is 5.01. The normalized spacial score (nSPS) is 30.2. The lowest BCUT2D eigenvalue weighted by atomic mass is 9.75. The second-order valence-electron chi connectivity index (χ2n) is 8.76. The molecule has 154 valence electrons. The predicted molar refractivity (Wildman–Crippen MR) is 112 cm³/mol. The fraction of sp³-hybridized carbons (Fsp3) is 0.682. The molecule has 4 saturated heterocycles. The summed E-state index contributed by atoms with van der Waals surface area (Å²) in [5, 5.41) is 3.18. The zero-order chi connectivity index (χ0) is 19.5. The van der Waals surface area contributed by atoms with E-state index >= 15 is 0 Å². The minimum Gasteiger partial charge on any atom is -0.379 e. The van der Waals surface area contributed by atoms with E-state index in [9.17, 15) is 4.79 Å². The van der Waals surface area contributed by atoms with Crippen LogP contribution in [0, 0.1) is 11.8 Å². The summed E-state index contributed by atoms with van der Waals surface area (Å²) in [5.74, 6) is 1.62. The standard InChI is InChI=1S/C22H34N4O2/c1-24(2)20-5-3-17(4-6-20)22(27)23-14-21-13-18-7-8-26(21)16-19(18)15-25-9-11-28-12-10-25/h3-6,18-19,21H,7-16H2,1-2H3,(H,23,27)/t18-,19-,21+/m0/s1. The molecule has 28 heavy (non-hydrogen) atoms. The monoisotopic (exact) mass is 386 g/mol. The highest BCUT2D eigenvalue weighted by Crippen LogP contribution is 2.36.